The number of pyridine rings is 1. The first-order valence-electron chi connectivity index (χ1n) is 7.42. The number of anilines is 1. The summed E-state index contributed by atoms with van der Waals surface area (Å²) in [7, 11) is 0. The van der Waals surface area contributed by atoms with Crippen molar-refractivity contribution in [2.75, 3.05) is 11.9 Å². The second-order valence-electron chi connectivity index (χ2n) is 5.09. The molecule has 0 unspecified atom stereocenters. The number of H-pyrrole nitrogens is 1. The molecule has 0 aliphatic rings. The summed E-state index contributed by atoms with van der Waals surface area (Å²) in [6.45, 7) is 1.98. The van der Waals surface area contributed by atoms with E-state index in [4.69, 9.17) is 4.74 Å². The third kappa shape index (κ3) is 3.24. The van der Waals surface area contributed by atoms with Crippen LogP contribution in [-0.2, 0) is 4.74 Å². The molecule has 0 aliphatic carbocycles. The number of aromatic amines is 1. The molecule has 2 heterocycles. The minimum atomic E-state index is -0.738. The number of esters is 1. The normalized spacial score (nSPS) is 10.6. The first-order chi connectivity index (χ1) is 12.0. The Labute approximate surface area is 145 Å². The monoisotopic (exact) mass is 358 g/mol. The summed E-state index contributed by atoms with van der Waals surface area (Å²) in [6.07, 6.45) is 0. The summed E-state index contributed by atoms with van der Waals surface area (Å²) < 4.78 is 5.31. The van der Waals surface area contributed by atoms with E-state index < -0.39 is 17.4 Å². The number of aromatic hydroxyl groups is 1. The van der Waals surface area contributed by atoms with Crippen LogP contribution in [0.25, 0.3) is 10.2 Å². The number of fused-ring (bicyclic) bond motifs is 1. The number of aromatic nitrogens is 1. The van der Waals surface area contributed by atoms with E-state index in [1.807, 2.05) is 0 Å². The highest BCUT2D eigenvalue weighted by Gasteiger charge is 2.20. The van der Waals surface area contributed by atoms with E-state index in [1.54, 1.807) is 18.4 Å². The fourth-order valence-electron chi connectivity index (χ4n) is 2.31. The van der Waals surface area contributed by atoms with Gasteiger partial charge < -0.3 is 20.1 Å². The molecule has 3 N–H and O–H groups in total. The van der Waals surface area contributed by atoms with Crippen molar-refractivity contribution in [1.82, 2.24) is 4.98 Å². The van der Waals surface area contributed by atoms with Crippen LogP contribution < -0.4 is 10.9 Å². The summed E-state index contributed by atoms with van der Waals surface area (Å²) in [5.74, 6) is -1.55. The van der Waals surface area contributed by atoms with Crippen molar-refractivity contribution in [2.24, 2.45) is 0 Å². The molecule has 3 aromatic rings. The van der Waals surface area contributed by atoms with Crippen molar-refractivity contribution in [1.29, 1.82) is 0 Å². The van der Waals surface area contributed by atoms with E-state index in [2.05, 4.69) is 10.3 Å². The summed E-state index contributed by atoms with van der Waals surface area (Å²) in [4.78, 5) is 38.6. The number of hydrogen-bond acceptors (Lipinski definition) is 6. The predicted molar refractivity (Wildman–Crippen MR) is 94.5 cm³/mol. The molecule has 0 saturated carbocycles. The van der Waals surface area contributed by atoms with Gasteiger partial charge >= 0.3 is 5.97 Å². The molecule has 0 spiro atoms. The summed E-state index contributed by atoms with van der Waals surface area (Å²) >= 11 is 1.22. The van der Waals surface area contributed by atoms with Crippen molar-refractivity contribution in [2.45, 2.75) is 6.92 Å². The van der Waals surface area contributed by atoms with E-state index in [-0.39, 0.29) is 17.9 Å². The SMILES string of the molecule is CCOC(=O)c1ccc(NC(=O)c2c(O)c3sccc3[nH]c2=O)cc1. The smallest absolute Gasteiger partial charge is 0.338 e. The van der Waals surface area contributed by atoms with E-state index in [9.17, 15) is 19.5 Å². The first-order valence-corrected chi connectivity index (χ1v) is 8.30. The molecular formula is C17H14N2O5S. The predicted octanol–water partition coefficient (Wildman–Crippen LogP) is 2.72. The molecule has 25 heavy (non-hydrogen) atoms. The largest absolute Gasteiger partial charge is 0.505 e. The average Bonchev–Trinajstić information content (AvgIpc) is 3.04. The van der Waals surface area contributed by atoms with Crippen molar-refractivity contribution in [3.05, 3.63) is 57.2 Å². The highest BCUT2D eigenvalue weighted by molar-refractivity contribution is 7.17. The number of rotatable bonds is 4. The van der Waals surface area contributed by atoms with E-state index in [0.717, 1.165) is 0 Å². The Bertz CT molecular complexity index is 1000. The number of thiophene rings is 1. The third-order valence-corrected chi connectivity index (χ3v) is 4.39. The third-order valence-electron chi connectivity index (χ3n) is 3.47. The Balaban J connectivity index is 1.85. The zero-order valence-electron chi connectivity index (χ0n) is 13.2. The average molecular weight is 358 g/mol. The number of nitrogens with one attached hydrogen (secondary N) is 2. The van der Waals surface area contributed by atoms with Crippen molar-refractivity contribution < 1.29 is 19.4 Å². The molecule has 1 amide bonds. The molecule has 0 saturated heterocycles. The van der Waals surface area contributed by atoms with Gasteiger partial charge in [0.25, 0.3) is 11.5 Å². The first kappa shape index (κ1) is 16.7. The van der Waals surface area contributed by atoms with Crippen LogP contribution in [0.4, 0.5) is 5.69 Å². The maximum Gasteiger partial charge on any atom is 0.338 e. The van der Waals surface area contributed by atoms with Crippen molar-refractivity contribution in [3.8, 4) is 5.75 Å². The van der Waals surface area contributed by atoms with Gasteiger partial charge in [0.2, 0.25) is 0 Å². The summed E-state index contributed by atoms with van der Waals surface area (Å²) in [6, 6.07) is 7.68. The molecule has 2 aromatic heterocycles. The van der Waals surface area contributed by atoms with Gasteiger partial charge in [-0.2, -0.15) is 0 Å². The van der Waals surface area contributed by atoms with Crippen molar-refractivity contribution >= 4 is 39.1 Å². The number of carbonyl (C=O) groups excluding carboxylic acids is 2. The number of hydrogen-bond donors (Lipinski definition) is 3. The quantitative estimate of drug-likeness (QED) is 0.622. The fourth-order valence-corrected chi connectivity index (χ4v) is 3.11. The summed E-state index contributed by atoms with van der Waals surface area (Å²) in [5, 5.41) is 14.4. The van der Waals surface area contributed by atoms with Crippen molar-refractivity contribution in [3.63, 3.8) is 0 Å². The van der Waals surface area contributed by atoms with Crippen LogP contribution in [0.1, 0.15) is 27.6 Å². The van der Waals surface area contributed by atoms with Crippen LogP contribution in [0.5, 0.6) is 5.75 Å². The highest BCUT2D eigenvalue weighted by Crippen LogP contribution is 2.29. The summed E-state index contributed by atoms with van der Waals surface area (Å²) in [5.41, 5.74) is 0.167. The molecule has 0 atom stereocenters. The molecule has 0 radical (unpaired) electrons. The molecule has 8 heteroatoms. The van der Waals surface area contributed by atoms with E-state index in [1.165, 1.54) is 35.6 Å². The fraction of sp³-hybridized carbons (Fsp3) is 0.118. The molecule has 0 aliphatic heterocycles. The zero-order chi connectivity index (χ0) is 18.0. The Hall–Kier alpha value is -3.13. The van der Waals surface area contributed by atoms with Crippen LogP contribution in [-0.4, -0.2) is 28.6 Å². The van der Waals surface area contributed by atoms with E-state index >= 15 is 0 Å². The number of carbonyl (C=O) groups is 2. The second kappa shape index (κ2) is 6.78. The minimum Gasteiger partial charge on any atom is -0.505 e. The van der Waals surface area contributed by atoms with Gasteiger partial charge in [-0.3, -0.25) is 9.59 Å². The standard InChI is InChI=1S/C17H14N2O5S/c1-2-24-17(23)9-3-5-10(6-4-9)18-15(21)12-13(20)14-11(7-8-25-14)19-16(12)22/h3-8H,2H2,1H3,(H,18,21)(H2,19,20,22). The second-order valence-corrected chi connectivity index (χ2v) is 6.01. The lowest BCUT2D eigenvalue weighted by molar-refractivity contribution is 0.0526. The molecule has 0 bridgehead atoms. The van der Waals surface area contributed by atoms with Gasteiger partial charge in [0.15, 0.2) is 5.75 Å². The van der Waals surface area contributed by atoms with Gasteiger partial charge in [0.1, 0.15) is 5.56 Å². The lowest BCUT2D eigenvalue weighted by Crippen LogP contribution is -2.23. The van der Waals surface area contributed by atoms with Gasteiger partial charge in [-0.1, -0.05) is 0 Å². The number of amides is 1. The van der Waals surface area contributed by atoms with Gasteiger partial charge in [-0.15, -0.1) is 11.3 Å². The minimum absolute atomic E-state index is 0.268. The lowest BCUT2D eigenvalue weighted by Gasteiger charge is -2.08. The molecule has 1 aromatic carbocycles. The van der Waals surface area contributed by atoms with Crippen LogP contribution >= 0.6 is 11.3 Å². The van der Waals surface area contributed by atoms with Crippen LogP contribution in [0.2, 0.25) is 0 Å². The van der Waals surface area contributed by atoms with Gasteiger partial charge in [0, 0.05) is 5.69 Å². The van der Waals surface area contributed by atoms with Gasteiger partial charge in [0.05, 0.1) is 22.4 Å². The molecule has 7 nitrogen and oxygen atoms in total. The van der Waals surface area contributed by atoms with Crippen LogP contribution in [0.15, 0.2) is 40.5 Å². The maximum atomic E-state index is 12.4. The van der Waals surface area contributed by atoms with Crippen LogP contribution in [0, 0.1) is 0 Å². The zero-order valence-corrected chi connectivity index (χ0v) is 14.0. The maximum absolute atomic E-state index is 12.4. The Kier molecular flexibility index (Phi) is 4.53. The van der Waals surface area contributed by atoms with E-state index in [0.29, 0.717) is 21.5 Å². The molecular weight excluding hydrogens is 344 g/mol. The van der Waals surface area contributed by atoms with Crippen LogP contribution in [0.3, 0.4) is 0 Å². The molecule has 3 rings (SSSR count). The topological polar surface area (TPSA) is 108 Å². The highest BCUT2D eigenvalue weighted by atomic mass is 32.1. The van der Waals surface area contributed by atoms with Gasteiger partial charge in [-0.25, -0.2) is 4.79 Å². The molecule has 128 valence electrons. The molecule has 0 fully saturated rings. The number of benzene rings is 1. The number of ether oxygens (including phenoxy) is 1. The Morgan fingerprint density at radius 1 is 1.24 bits per heavy atom. The Morgan fingerprint density at radius 2 is 1.96 bits per heavy atom. The van der Waals surface area contributed by atoms with Gasteiger partial charge in [-0.05, 0) is 42.6 Å². The Morgan fingerprint density at radius 3 is 2.64 bits per heavy atom. The lowest BCUT2D eigenvalue weighted by atomic mass is 10.2.